The van der Waals surface area contributed by atoms with Crippen molar-refractivity contribution in [2.45, 2.75) is 26.4 Å². The van der Waals surface area contributed by atoms with Crippen LogP contribution in [-0.4, -0.2) is 35.7 Å². The number of β-amino-alcohol motifs (C(OH)–C–C–N with tert-alkyl or cyclic N) is 1. The molecule has 76 valence electrons. The van der Waals surface area contributed by atoms with Crippen LogP contribution in [0.25, 0.3) is 0 Å². The molecule has 0 bridgehead atoms. The lowest BCUT2D eigenvalue weighted by Crippen LogP contribution is -2.43. The molecule has 1 heterocycles. The van der Waals surface area contributed by atoms with Crippen LogP contribution in [-0.2, 0) is 0 Å². The summed E-state index contributed by atoms with van der Waals surface area (Å²) >= 11 is 5.59. The molecule has 1 aliphatic rings. The topological polar surface area (TPSA) is 23.5 Å². The standard InChI is InChI=1S/C10H18ClNO/c1-8(5-11)6-12-4-3-9(2)10(13)7-12/h5,9-10,13H,3-4,6-7H2,1-2H3. The molecule has 13 heavy (non-hydrogen) atoms. The lowest BCUT2D eigenvalue weighted by molar-refractivity contribution is 0.0332. The van der Waals surface area contributed by atoms with Crippen molar-refractivity contribution in [2.24, 2.45) is 5.92 Å². The van der Waals surface area contributed by atoms with Crippen LogP contribution < -0.4 is 0 Å². The third kappa shape index (κ3) is 3.29. The molecule has 0 aromatic rings. The van der Waals surface area contributed by atoms with Gasteiger partial charge in [0.2, 0.25) is 0 Å². The van der Waals surface area contributed by atoms with E-state index in [0.29, 0.717) is 5.92 Å². The van der Waals surface area contributed by atoms with Gasteiger partial charge in [0.05, 0.1) is 6.10 Å². The van der Waals surface area contributed by atoms with Crippen LogP contribution in [0.2, 0.25) is 0 Å². The SMILES string of the molecule is CC(=CCl)CN1CCC(C)C(O)C1. The number of piperidine rings is 1. The van der Waals surface area contributed by atoms with Crippen molar-refractivity contribution in [1.29, 1.82) is 0 Å². The molecular weight excluding hydrogens is 186 g/mol. The third-order valence-corrected chi connectivity index (χ3v) is 3.03. The van der Waals surface area contributed by atoms with Crippen molar-refractivity contribution in [1.82, 2.24) is 4.90 Å². The maximum Gasteiger partial charge on any atom is 0.0693 e. The van der Waals surface area contributed by atoms with Crippen LogP contribution >= 0.6 is 11.6 Å². The zero-order chi connectivity index (χ0) is 9.84. The summed E-state index contributed by atoms with van der Waals surface area (Å²) < 4.78 is 0. The molecule has 1 N–H and O–H groups in total. The molecule has 1 saturated heterocycles. The normalized spacial score (nSPS) is 32.2. The highest BCUT2D eigenvalue weighted by atomic mass is 35.5. The highest BCUT2D eigenvalue weighted by Crippen LogP contribution is 2.17. The fourth-order valence-electron chi connectivity index (χ4n) is 1.65. The first-order valence-corrected chi connectivity index (χ1v) is 5.23. The summed E-state index contributed by atoms with van der Waals surface area (Å²) in [6.45, 7) is 6.85. The van der Waals surface area contributed by atoms with Crippen LogP contribution in [0.1, 0.15) is 20.3 Å². The van der Waals surface area contributed by atoms with E-state index in [0.717, 1.165) is 31.6 Å². The third-order valence-electron chi connectivity index (χ3n) is 2.66. The molecule has 2 nitrogen and oxygen atoms in total. The number of nitrogens with zero attached hydrogens (tertiary/aromatic N) is 1. The number of halogens is 1. The predicted octanol–water partition coefficient (Wildman–Crippen LogP) is 1.83. The molecular formula is C10H18ClNO. The first-order valence-electron chi connectivity index (χ1n) is 4.79. The summed E-state index contributed by atoms with van der Waals surface area (Å²) in [5, 5.41) is 9.64. The van der Waals surface area contributed by atoms with Gasteiger partial charge < -0.3 is 5.11 Å². The summed E-state index contributed by atoms with van der Waals surface area (Å²) in [4.78, 5) is 2.25. The molecule has 0 aromatic carbocycles. The quantitative estimate of drug-likeness (QED) is 0.741. The number of hydrogen-bond acceptors (Lipinski definition) is 2. The van der Waals surface area contributed by atoms with Crippen LogP contribution in [0.15, 0.2) is 11.1 Å². The van der Waals surface area contributed by atoms with Gasteiger partial charge in [0.1, 0.15) is 0 Å². The summed E-state index contributed by atoms with van der Waals surface area (Å²) in [5.41, 5.74) is 2.77. The van der Waals surface area contributed by atoms with Crippen LogP contribution in [0.4, 0.5) is 0 Å². The molecule has 0 aromatic heterocycles. The highest BCUT2D eigenvalue weighted by Gasteiger charge is 2.23. The van der Waals surface area contributed by atoms with Gasteiger partial charge in [0, 0.05) is 18.6 Å². The van der Waals surface area contributed by atoms with Gasteiger partial charge in [-0.25, -0.2) is 0 Å². The van der Waals surface area contributed by atoms with Gasteiger partial charge in [-0.3, -0.25) is 4.90 Å². The Balaban J connectivity index is 2.37. The predicted molar refractivity (Wildman–Crippen MR) is 55.8 cm³/mol. The second-order valence-corrected chi connectivity index (χ2v) is 4.24. The van der Waals surface area contributed by atoms with Crippen LogP contribution in [0.5, 0.6) is 0 Å². The fourth-order valence-corrected chi connectivity index (χ4v) is 1.71. The fraction of sp³-hybridized carbons (Fsp3) is 0.800. The Morgan fingerprint density at radius 2 is 2.38 bits per heavy atom. The average molecular weight is 204 g/mol. The van der Waals surface area contributed by atoms with Crippen molar-refractivity contribution in [2.75, 3.05) is 19.6 Å². The minimum atomic E-state index is -0.170. The van der Waals surface area contributed by atoms with Gasteiger partial charge in [0.15, 0.2) is 0 Å². The number of aliphatic hydroxyl groups excluding tert-OH is 1. The minimum Gasteiger partial charge on any atom is -0.392 e. The van der Waals surface area contributed by atoms with Gasteiger partial charge in [-0.15, -0.1) is 0 Å². The van der Waals surface area contributed by atoms with Crippen molar-refractivity contribution in [3.8, 4) is 0 Å². The largest absolute Gasteiger partial charge is 0.392 e. The first-order chi connectivity index (χ1) is 6.13. The van der Waals surface area contributed by atoms with Gasteiger partial charge in [0.25, 0.3) is 0 Å². The smallest absolute Gasteiger partial charge is 0.0693 e. The summed E-state index contributed by atoms with van der Waals surface area (Å²) in [6, 6.07) is 0. The van der Waals surface area contributed by atoms with E-state index in [4.69, 9.17) is 11.6 Å². The second-order valence-electron chi connectivity index (χ2n) is 4.02. The van der Waals surface area contributed by atoms with Crippen molar-refractivity contribution in [3.05, 3.63) is 11.1 Å². The van der Waals surface area contributed by atoms with E-state index < -0.39 is 0 Å². The molecule has 1 rings (SSSR count). The zero-order valence-corrected chi connectivity index (χ0v) is 9.09. The lowest BCUT2D eigenvalue weighted by Gasteiger charge is -2.34. The average Bonchev–Trinajstić information content (AvgIpc) is 2.11. The maximum absolute atomic E-state index is 9.64. The number of aliphatic hydroxyl groups is 1. The zero-order valence-electron chi connectivity index (χ0n) is 8.33. The molecule has 2 atom stereocenters. The molecule has 0 amide bonds. The number of likely N-dealkylation sites (tertiary alicyclic amines) is 1. The van der Waals surface area contributed by atoms with E-state index in [1.807, 2.05) is 6.92 Å². The van der Waals surface area contributed by atoms with Crippen LogP contribution in [0, 0.1) is 5.92 Å². The van der Waals surface area contributed by atoms with Gasteiger partial charge in [-0.1, -0.05) is 18.5 Å². The van der Waals surface area contributed by atoms with Gasteiger partial charge in [-0.05, 0) is 31.4 Å². The molecule has 1 fully saturated rings. The molecule has 0 saturated carbocycles. The monoisotopic (exact) mass is 203 g/mol. The second kappa shape index (κ2) is 4.99. The Hall–Kier alpha value is -0.0500. The molecule has 0 radical (unpaired) electrons. The van der Waals surface area contributed by atoms with E-state index in [1.54, 1.807) is 5.54 Å². The van der Waals surface area contributed by atoms with Gasteiger partial charge in [-0.2, -0.15) is 0 Å². The van der Waals surface area contributed by atoms with E-state index in [9.17, 15) is 5.11 Å². The lowest BCUT2D eigenvalue weighted by atomic mass is 9.96. The highest BCUT2D eigenvalue weighted by molar-refractivity contribution is 6.25. The van der Waals surface area contributed by atoms with Crippen molar-refractivity contribution >= 4 is 11.6 Å². The van der Waals surface area contributed by atoms with E-state index in [1.165, 1.54) is 0 Å². The molecule has 1 aliphatic heterocycles. The maximum atomic E-state index is 9.64. The Morgan fingerprint density at radius 3 is 2.92 bits per heavy atom. The molecule has 3 heteroatoms. The minimum absolute atomic E-state index is 0.170. The Kier molecular flexibility index (Phi) is 4.23. The van der Waals surface area contributed by atoms with Gasteiger partial charge >= 0.3 is 0 Å². The molecule has 0 aliphatic carbocycles. The number of rotatable bonds is 2. The van der Waals surface area contributed by atoms with Crippen molar-refractivity contribution < 1.29 is 5.11 Å². The van der Waals surface area contributed by atoms with Crippen molar-refractivity contribution in [3.63, 3.8) is 0 Å². The summed E-state index contributed by atoms with van der Waals surface area (Å²) in [7, 11) is 0. The Labute approximate surface area is 85.2 Å². The molecule has 0 spiro atoms. The Morgan fingerprint density at radius 1 is 1.69 bits per heavy atom. The molecule has 2 unspecified atom stereocenters. The van der Waals surface area contributed by atoms with Crippen LogP contribution in [0.3, 0.4) is 0 Å². The first kappa shape index (κ1) is 11.0. The van der Waals surface area contributed by atoms with E-state index >= 15 is 0 Å². The Bertz CT molecular complexity index is 193. The van der Waals surface area contributed by atoms with E-state index in [2.05, 4.69) is 11.8 Å². The van der Waals surface area contributed by atoms with E-state index in [-0.39, 0.29) is 6.10 Å². The summed E-state index contributed by atoms with van der Waals surface area (Å²) in [5.74, 6) is 0.441. The summed E-state index contributed by atoms with van der Waals surface area (Å²) in [6.07, 6.45) is 0.911. The number of hydrogen-bond donors (Lipinski definition) is 1.